The minimum absolute atomic E-state index is 0.0771. The van der Waals surface area contributed by atoms with Crippen LogP contribution >= 0.6 is 11.6 Å². The molecule has 5 rings (SSSR count). The lowest BCUT2D eigenvalue weighted by atomic mass is 9.94. The number of likely N-dealkylation sites (tertiary alicyclic amines) is 2. The Hall–Kier alpha value is -2.22. The summed E-state index contributed by atoms with van der Waals surface area (Å²) in [5, 5.41) is 0.0522. The number of amides is 2. The molecular weight excluding hydrogens is 433 g/mol. The molecule has 0 radical (unpaired) electrons. The Morgan fingerprint density at radius 3 is 2.23 bits per heavy atom. The van der Waals surface area contributed by atoms with Crippen molar-refractivity contribution >= 4 is 34.4 Å². The second kappa shape index (κ2) is 7.43. The highest BCUT2D eigenvalue weighted by Crippen LogP contribution is 2.47. The Bertz CT molecular complexity index is 1050. The van der Waals surface area contributed by atoms with Crippen LogP contribution in [-0.4, -0.2) is 47.8 Å². The number of halogens is 4. The van der Waals surface area contributed by atoms with E-state index in [9.17, 15) is 22.8 Å². The summed E-state index contributed by atoms with van der Waals surface area (Å²) in [6.45, 7) is 2.26. The van der Waals surface area contributed by atoms with E-state index in [4.69, 9.17) is 16.0 Å². The molecule has 31 heavy (non-hydrogen) atoms. The molecule has 0 spiro atoms. The molecule has 1 aromatic heterocycles. The molecule has 166 valence electrons. The summed E-state index contributed by atoms with van der Waals surface area (Å²) >= 11 is 6.37. The molecule has 2 saturated heterocycles. The van der Waals surface area contributed by atoms with Gasteiger partial charge in [-0.25, -0.2) is 0 Å². The molecule has 0 unspecified atom stereocenters. The predicted octanol–water partition coefficient (Wildman–Crippen LogP) is 5.07. The van der Waals surface area contributed by atoms with Gasteiger partial charge in [0.15, 0.2) is 0 Å². The predicted molar refractivity (Wildman–Crippen MR) is 108 cm³/mol. The number of rotatable bonds is 3. The molecule has 0 N–H and O–H groups in total. The van der Waals surface area contributed by atoms with Gasteiger partial charge in [0, 0.05) is 37.5 Å². The fraction of sp³-hybridized carbons (Fsp3) is 0.545. The first-order chi connectivity index (χ1) is 14.7. The van der Waals surface area contributed by atoms with Gasteiger partial charge in [-0.1, -0.05) is 11.6 Å². The maximum absolute atomic E-state index is 13.7. The van der Waals surface area contributed by atoms with Crippen LogP contribution in [0.4, 0.5) is 13.2 Å². The standard InChI is InChI=1S/C22H22ClF3N2O3/c23-17-15-10-14(12-2-3-12)11-16(22(24,25)26)18(15)31-19(17)21(30)28-8-4-13(5-9-28)20(29)27-6-1-7-27/h10-13H,1-9H2. The van der Waals surface area contributed by atoms with Crippen LogP contribution < -0.4 is 0 Å². The molecule has 1 aromatic carbocycles. The number of fused-ring (bicyclic) bond motifs is 1. The van der Waals surface area contributed by atoms with E-state index in [1.165, 1.54) is 4.90 Å². The summed E-state index contributed by atoms with van der Waals surface area (Å²) in [6.07, 6.45) is -0.850. The minimum Gasteiger partial charge on any atom is -0.449 e. The number of alkyl halides is 3. The summed E-state index contributed by atoms with van der Waals surface area (Å²) < 4.78 is 46.4. The molecule has 1 aliphatic carbocycles. The van der Waals surface area contributed by atoms with E-state index in [0.717, 1.165) is 38.4 Å². The van der Waals surface area contributed by atoms with Crippen LogP contribution in [0, 0.1) is 5.92 Å². The first-order valence-corrected chi connectivity index (χ1v) is 11.0. The van der Waals surface area contributed by atoms with Crippen molar-refractivity contribution in [3.63, 3.8) is 0 Å². The van der Waals surface area contributed by atoms with Gasteiger partial charge in [-0.05, 0) is 55.7 Å². The van der Waals surface area contributed by atoms with Crippen molar-refractivity contribution in [2.75, 3.05) is 26.2 Å². The Balaban J connectivity index is 1.40. The van der Waals surface area contributed by atoms with E-state index in [0.29, 0.717) is 31.5 Å². The molecule has 2 amide bonds. The lowest BCUT2D eigenvalue weighted by molar-refractivity contribution is -0.140. The highest BCUT2D eigenvalue weighted by Gasteiger charge is 2.39. The smallest absolute Gasteiger partial charge is 0.420 e. The zero-order chi connectivity index (χ0) is 21.9. The van der Waals surface area contributed by atoms with Crippen molar-refractivity contribution in [2.24, 2.45) is 5.92 Å². The van der Waals surface area contributed by atoms with Gasteiger partial charge in [0.25, 0.3) is 5.91 Å². The number of furan rings is 1. The van der Waals surface area contributed by atoms with E-state index in [-0.39, 0.29) is 33.9 Å². The number of carbonyl (C=O) groups excluding carboxylic acids is 2. The fourth-order valence-corrected chi connectivity index (χ4v) is 4.72. The van der Waals surface area contributed by atoms with Crippen LogP contribution in [0.5, 0.6) is 0 Å². The summed E-state index contributed by atoms with van der Waals surface area (Å²) in [5.74, 6) is -0.686. The second-order valence-corrected chi connectivity index (χ2v) is 9.09. The molecule has 2 aliphatic heterocycles. The maximum atomic E-state index is 13.7. The third kappa shape index (κ3) is 3.69. The number of piperidine rings is 1. The maximum Gasteiger partial charge on any atom is 0.420 e. The van der Waals surface area contributed by atoms with Gasteiger partial charge in [-0.15, -0.1) is 0 Å². The number of hydrogen-bond acceptors (Lipinski definition) is 3. The van der Waals surface area contributed by atoms with Gasteiger partial charge in [-0.3, -0.25) is 9.59 Å². The highest BCUT2D eigenvalue weighted by molar-refractivity contribution is 6.38. The van der Waals surface area contributed by atoms with Gasteiger partial charge in [-0.2, -0.15) is 13.2 Å². The average Bonchev–Trinajstić information content (AvgIpc) is 3.49. The summed E-state index contributed by atoms with van der Waals surface area (Å²) in [5.41, 5.74) is -0.716. The minimum atomic E-state index is -4.61. The lowest BCUT2D eigenvalue weighted by Gasteiger charge is -2.37. The first-order valence-electron chi connectivity index (χ1n) is 10.6. The second-order valence-electron chi connectivity index (χ2n) is 8.71. The summed E-state index contributed by atoms with van der Waals surface area (Å²) in [4.78, 5) is 28.8. The molecule has 0 atom stereocenters. The molecule has 3 aliphatic rings. The highest BCUT2D eigenvalue weighted by atomic mass is 35.5. The number of benzene rings is 1. The number of hydrogen-bond donors (Lipinski definition) is 0. The van der Waals surface area contributed by atoms with Crippen LogP contribution in [0.15, 0.2) is 16.5 Å². The molecule has 9 heteroatoms. The molecule has 3 fully saturated rings. The zero-order valence-electron chi connectivity index (χ0n) is 16.8. The third-order valence-electron chi connectivity index (χ3n) is 6.60. The molecular formula is C22H22ClF3N2O3. The Morgan fingerprint density at radius 2 is 1.68 bits per heavy atom. The van der Waals surface area contributed by atoms with Gasteiger partial charge in [0.05, 0.1) is 10.6 Å². The largest absolute Gasteiger partial charge is 0.449 e. The van der Waals surface area contributed by atoms with Crippen LogP contribution in [0.1, 0.15) is 59.7 Å². The van der Waals surface area contributed by atoms with Crippen LogP contribution in [0.2, 0.25) is 5.02 Å². The summed E-state index contributed by atoms with van der Waals surface area (Å²) in [6, 6.07) is 2.73. The van der Waals surface area contributed by atoms with Crippen molar-refractivity contribution < 1.29 is 27.2 Å². The molecule has 2 aromatic rings. The van der Waals surface area contributed by atoms with E-state index in [2.05, 4.69) is 0 Å². The van der Waals surface area contributed by atoms with E-state index < -0.39 is 23.2 Å². The van der Waals surface area contributed by atoms with E-state index in [1.807, 2.05) is 4.90 Å². The van der Waals surface area contributed by atoms with E-state index in [1.54, 1.807) is 6.07 Å². The van der Waals surface area contributed by atoms with Gasteiger partial charge in [0.2, 0.25) is 11.7 Å². The molecule has 5 nitrogen and oxygen atoms in total. The first kappa shape index (κ1) is 20.7. The van der Waals surface area contributed by atoms with Gasteiger partial charge in [0.1, 0.15) is 5.58 Å². The normalized spacial score (nSPS) is 20.3. The lowest BCUT2D eigenvalue weighted by Crippen LogP contribution is -2.48. The zero-order valence-corrected chi connectivity index (χ0v) is 17.6. The van der Waals surface area contributed by atoms with Crippen LogP contribution in [-0.2, 0) is 11.0 Å². The fourth-order valence-electron chi connectivity index (χ4n) is 4.46. The quantitative estimate of drug-likeness (QED) is 0.651. The van der Waals surface area contributed by atoms with Gasteiger partial charge >= 0.3 is 6.18 Å². The third-order valence-corrected chi connectivity index (χ3v) is 6.97. The Kier molecular flexibility index (Phi) is 4.95. The molecule has 1 saturated carbocycles. The Morgan fingerprint density at radius 1 is 1.00 bits per heavy atom. The summed E-state index contributed by atoms with van der Waals surface area (Å²) in [7, 11) is 0. The van der Waals surface area contributed by atoms with Crippen LogP contribution in [0.3, 0.4) is 0 Å². The SMILES string of the molecule is O=C(c1oc2c(C(F)(F)F)cc(C3CC3)cc2c1Cl)N1CCC(C(=O)N2CCC2)CC1. The molecule has 0 bridgehead atoms. The van der Waals surface area contributed by atoms with Crippen molar-refractivity contribution in [3.8, 4) is 0 Å². The topological polar surface area (TPSA) is 53.8 Å². The monoisotopic (exact) mass is 454 g/mol. The van der Waals surface area contributed by atoms with Crippen molar-refractivity contribution in [1.29, 1.82) is 0 Å². The molecule has 3 heterocycles. The van der Waals surface area contributed by atoms with Crippen molar-refractivity contribution in [3.05, 3.63) is 34.0 Å². The number of carbonyl (C=O) groups is 2. The van der Waals surface area contributed by atoms with Gasteiger partial charge < -0.3 is 14.2 Å². The van der Waals surface area contributed by atoms with Crippen LogP contribution in [0.25, 0.3) is 11.0 Å². The van der Waals surface area contributed by atoms with Crippen molar-refractivity contribution in [1.82, 2.24) is 9.80 Å². The van der Waals surface area contributed by atoms with E-state index >= 15 is 0 Å². The van der Waals surface area contributed by atoms with Crippen molar-refractivity contribution in [2.45, 2.75) is 44.2 Å². The average molecular weight is 455 g/mol. The number of nitrogens with zero attached hydrogens (tertiary/aromatic N) is 2. The Labute approximate surface area is 182 Å².